The fraction of sp³-hybridized carbons (Fsp3) is 0.214. The second-order valence-electron chi connectivity index (χ2n) is 4.47. The molecule has 0 bridgehead atoms. The molecule has 0 aliphatic heterocycles. The number of aromatic nitrogens is 1. The van der Waals surface area contributed by atoms with Crippen LogP contribution in [0.3, 0.4) is 0 Å². The Kier molecular flexibility index (Phi) is 4.34. The third-order valence-electron chi connectivity index (χ3n) is 2.94. The van der Waals surface area contributed by atoms with Crippen LogP contribution in [0.4, 0.5) is 11.4 Å². The van der Waals surface area contributed by atoms with Gasteiger partial charge in [0.25, 0.3) is 5.69 Å². The zero-order valence-corrected chi connectivity index (χ0v) is 12.8. The summed E-state index contributed by atoms with van der Waals surface area (Å²) in [6, 6.07) is 8.89. The van der Waals surface area contributed by atoms with Crippen LogP contribution in [0.2, 0.25) is 0 Å². The van der Waals surface area contributed by atoms with Gasteiger partial charge >= 0.3 is 0 Å². The molecule has 0 spiro atoms. The number of benzene rings is 1. The van der Waals surface area contributed by atoms with E-state index in [4.69, 9.17) is 0 Å². The molecule has 2 rings (SSSR count). The molecule has 104 valence electrons. The lowest BCUT2D eigenvalue weighted by Crippen LogP contribution is -2.05. The van der Waals surface area contributed by atoms with Gasteiger partial charge in [-0.1, -0.05) is 15.9 Å². The van der Waals surface area contributed by atoms with Crippen molar-refractivity contribution >= 4 is 27.3 Å². The molecule has 0 atom stereocenters. The normalized spacial score (nSPS) is 10.3. The van der Waals surface area contributed by atoms with E-state index in [1.807, 2.05) is 26.0 Å². The zero-order chi connectivity index (χ0) is 14.7. The van der Waals surface area contributed by atoms with E-state index in [0.29, 0.717) is 16.6 Å². The second-order valence-corrected chi connectivity index (χ2v) is 5.38. The predicted octanol–water partition coefficient (Wildman–Crippen LogP) is 3.98. The summed E-state index contributed by atoms with van der Waals surface area (Å²) < 4.78 is 0.695. The Hall–Kier alpha value is -1.95. The molecule has 1 heterocycles. The lowest BCUT2D eigenvalue weighted by atomic mass is 10.1. The van der Waals surface area contributed by atoms with Gasteiger partial charge in [-0.05, 0) is 38.1 Å². The van der Waals surface area contributed by atoms with Crippen LogP contribution < -0.4 is 5.32 Å². The topological polar surface area (TPSA) is 68.1 Å². The van der Waals surface area contributed by atoms with Crippen molar-refractivity contribution in [2.24, 2.45) is 0 Å². The fourth-order valence-corrected chi connectivity index (χ4v) is 2.27. The maximum Gasteiger partial charge on any atom is 0.275 e. The highest BCUT2D eigenvalue weighted by atomic mass is 79.9. The summed E-state index contributed by atoms with van der Waals surface area (Å²) in [7, 11) is 0. The Labute approximate surface area is 125 Å². The van der Waals surface area contributed by atoms with Gasteiger partial charge in [-0.25, -0.2) is 0 Å². The van der Waals surface area contributed by atoms with E-state index < -0.39 is 0 Å². The molecule has 20 heavy (non-hydrogen) atoms. The first-order chi connectivity index (χ1) is 9.47. The van der Waals surface area contributed by atoms with Crippen LogP contribution in [-0.2, 0) is 6.54 Å². The fourth-order valence-electron chi connectivity index (χ4n) is 1.92. The van der Waals surface area contributed by atoms with Crippen LogP contribution in [0, 0.1) is 24.0 Å². The van der Waals surface area contributed by atoms with Crippen LogP contribution in [0.5, 0.6) is 0 Å². The first-order valence-electron chi connectivity index (χ1n) is 6.08. The molecular weight excluding hydrogens is 322 g/mol. The summed E-state index contributed by atoms with van der Waals surface area (Å²) in [6.07, 6.45) is 0. The van der Waals surface area contributed by atoms with E-state index in [-0.39, 0.29) is 10.6 Å². The van der Waals surface area contributed by atoms with Crippen LogP contribution in [-0.4, -0.2) is 9.91 Å². The predicted molar refractivity (Wildman–Crippen MR) is 81.8 cm³/mol. The number of nitro groups is 1. The molecule has 1 aromatic carbocycles. The van der Waals surface area contributed by atoms with Crippen molar-refractivity contribution in [3.8, 4) is 0 Å². The van der Waals surface area contributed by atoms with Gasteiger partial charge in [0.2, 0.25) is 0 Å². The number of nitrogens with one attached hydrogen (secondary N) is 1. The minimum Gasteiger partial charge on any atom is -0.379 e. The largest absolute Gasteiger partial charge is 0.379 e. The Balaban J connectivity index is 2.20. The number of aryl methyl sites for hydroxylation is 2. The summed E-state index contributed by atoms with van der Waals surface area (Å²) in [5.74, 6) is 0. The Bertz CT molecular complexity index is 659. The number of hydrogen-bond acceptors (Lipinski definition) is 4. The number of nitrogens with zero attached hydrogens (tertiary/aromatic N) is 2. The maximum atomic E-state index is 11.0. The van der Waals surface area contributed by atoms with Gasteiger partial charge in [0, 0.05) is 28.3 Å². The highest BCUT2D eigenvalue weighted by Crippen LogP contribution is 2.24. The molecule has 0 radical (unpaired) electrons. The number of hydrogen-bond donors (Lipinski definition) is 1. The number of halogens is 1. The van der Waals surface area contributed by atoms with E-state index in [9.17, 15) is 10.1 Å². The van der Waals surface area contributed by atoms with Crippen molar-refractivity contribution in [2.75, 3.05) is 5.32 Å². The van der Waals surface area contributed by atoms with Gasteiger partial charge in [-0.15, -0.1) is 0 Å². The van der Waals surface area contributed by atoms with Gasteiger partial charge in [0.1, 0.15) is 0 Å². The van der Waals surface area contributed by atoms with E-state index in [0.717, 1.165) is 17.1 Å². The van der Waals surface area contributed by atoms with Gasteiger partial charge in [0.15, 0.2) is 0 Å². The number of nitro benzene ring substituents is 1. The summed E-state index contributed by atoms with van der Waals surface area (Å²) in [5, 5.41) is 14.2. The monoisotopic (exact) mass is 335 g/mol. The molecule has 0 aliphatic carbocycles. The van der Waals surface area contributed by atoms with Crippen molar-refractivity contribution in [3.05, 3.63) is 61.9 Å². The summed E-state index contributed by atoms with van der Waals surface area (Å²) >= 11 is 3.25. The van der Waals surface area contributed by atoms with E-state index >= 15 is 0 Å². The SMILES string of the molecule is Cc1ccc(NCc2ccc(Br)cc2[N+](=O)[O-])c(C)n1. The molecule has 0 saturated carbocycles. The average Bonchev–Trinajstić information content (AvgIpc) is 2.38. The quantitative estimate of drug-likeness (QED) is 0.677. The number of pyridine rings is 1. The van der Waals surface area contributed by atoms with Gasteiger partial charge in [-0.3, -0.25) is 15.1 Å². The van der Waals surface area contributed by atoms with Crippen LogP contribution >= 0.6 is 15.9 Å². The smallest absolute Gasteiger partial charge is 0.275 e. The lowest BCUT2D eigenvalue weighted by Gasteiger charge is -2.10. The summed E-state index contributed by atoms with van der Waals surface area (Å²) in [6.45, 7) is 4.22. The van der Waals surface area contributed by atoms with Gasteiger partial charge in [-0.2, -0.15) is 0 Å². The van der Waals surface area contributed by atoms with Crippen LogP contribution in [0.25, 0.3) is 0 Å². The number of rotatable bonds is 4. The zero-order valence-electron chi connectivity index (χ0n) is 11.2. The van der Waals surface area contributed by atoms with Crippen molar-refractivity contribution < 1.29 is 4.92 Å². The maximum absolute atomic E-state index is 11.0. The Morgan fingerprint density at radius 3 is 2.70 bits per heavy atom. The molecule has 0 saturated heterocycles. The van der Waals surface area contributed by atoms with Gasteiger partial charge in [0.05, 0.1) is 16.3 Å². The summed E-state index contributed by atoms with van der Waals surface area (Å²) in [5.41, 5.74) is 3.45. The minimum atomic E-state index is -0.373. The van der Waals surface area contributed by atoms with Crippen molar-refractivity contribution in [2.45, 2.75) is 20.4 Å². The van der Waals surface area contributed by atoms with Crippen LogP contribution in [0.1, 0.15) is 17.0 Å². The Morgan fingerprint density at radius 1 is 1.30 bits per heavy atom. The molecule has 1 aromatic heterocycles. The molecule has 0 amide bonds. The second kappa shape index (κ2) is 6.00. The first-order valence-corrected chi connectivity index (χ1v) is 6.87. The molecule has 0 fully saturated rings. The molecular formula is C14H14BrN3O2. The van der Waals surface area contributed by atoms with E-state index in [2.05, 4.69) is 26.2 Å². The highest BCUT2D eigenvalue weighted by Gasteiger charge is 2.14. The number of anilines is 1. The van der Waals surface area contributed by atoms with E-state index in [1.54, 1.807) is 12.1 Å². The van der Waals surface area contributed by atoms with Gasteiger partial charge < -0.3 is 5.32 Å². The molecule has 6 heteroatoms. The lowest BCUT2D eigenvalue weighted by molar-refractivity contribution is -0.385. The third-order valence-corrected chi connectivity index (χ3v) is 3.43. The highest BCUT2D eigenvalue weighted by molar-refractivity contribution is 9.10. The summed E-state index contributed by atoms with van der Waals surface area (Å²) in [4.78, 5) is 15.0. The third kappa shape index (κ3) is 3.33. The van der Waals surface area contributed by atoms with E-state index in [1.165, 1.54) is 6.07 Å². The molecule has 2 aromatic rings. The Morgan fingerprint density at radius 2 is 2.05 bits per heavy atom. The molecule has 0 unspecified atom stereocenters. The van der Waals surface area contributed by atoms with Crippen molar-refractivity contribution in [3.63, 3.8) is 0 Å². The minimum absolute atomic E-state index is 0.101. The standard InChI is InChI=1S/C14H14BrN3O2/c1-9-3-6-13(10(2)17-9)16-8-11-4-5-12(15)7-14(11)18(19)20/h3-7,16H,8H2,1-2H3. The van der Waals surface area contributed by atoms with Crippen LogP contribution in [0.15, 0.2) is 34.8 Å². The average molecular weight is 336 g/mol. The first kappa shape index (κ1) is 14.5. The molecule has 1 N–H and O–H groups in total. The molecule has 5 nitrogen and oxygen atoms in total. The van der Waals surface area contributed by atoms with Crippen molar-refractivity contribution in [1.29, 1.82) is 0 Å². The molecule has 0 aliphatic rings. The van der Waals surface area contributed by atoms with Crippen molar-refractivity contribution in [1.82, 2.24) is 4.98 Å².